The van der Waals surface area contributed by atoms with Crippen LogP contribution in [-0.4, -0.2) is 57.9 Å². The summed E-state index contributed by atoms with van der Waals surface area (Å²) in [4.78, 5) is 20.7. The van der Waals surface area contributed by atoms with Crippen LogP contribution in [0.2, 0.25) is 0 Å². The first-order valence-electron chi connectivity index (χ1n) is 11.6. The Morgan fingerprint density at radius 1 is 0.550 bits per heavy atom. The van der Waals surface area contributed by atoms with E-state index in [0.29, 0.717) is 0 Å². The molecule has 0 aliphatic rings. The predicted molar refractivity (Wildman–Crippen MR) is 150 cm³/mol. The van der Waals surface area contributed by atoms with Gasteiger partial charge in [-0.05, 0) is 24.3 Å². The Bertz CT molecular complexity index is 1230. The molecule has 0 aliphatic heterocycles. The molecule has 5 aromatic rings. The number of nitrogens with zero attached hydrogens (tertiary/aromatic N) is 6. The molecule has 0 amide bonds. The average molecular weight is 740 g/mol. The Labute approximate surface area is 248 Å². The van der Waals surface area contributed by atoms with Crippen molar-refractivity contribution in [2.45, 2.75) is 0 Å². The van der Waals surface area contributed by atoms with E-state index in [1.54, 1.807) is 90.0 Å². The second-order valence-corrected chi connectivity index (χ2v) is 7.55. The molecule has 0 aromatic carbocycles. The molecule has 40 heavy (non-hydrogen) atoms. The summed E-state index contributed by atoms with van der Waals surface area (Å²) in [5.74, 6) is 3.04. The molecular weight excluding hydrogens is 710 g/mol. The van der Waals surface area contributed by atoms with Crippen LogP contribution in [0.25, 0.3) is 22.8 Å². The number of halogens is 1. The van der Waals surface area contributed by atoms with Gasteiger partial charge in [0.15, 0.2) is 0 Å². The quantitative estimate of drug-likeness (QED) is 0.226. The van der Waals surface area contributed by atoms with Crippen molar-refractivity contribution in [3.05, 3.63) is 92.0 Å². The second-order valence-electron chi connectivity index (χ2n) is 7.55. The number of pyridine rings is 4. The van der Waals surface area contributed by atoms with E-state index in [0.717, 1.165) is 45.8 Å². The molecular formula is C28H30ClN6O4Os. The third-order valence-electron chi connectivity index (χ3n) is 5.03. The van der Waals surface area contributed by atoms with Gasteiger partial charge in [-0.2, -0.15) is 0 Å². The predicted octanol–water partition coefficient (Wildman–Crippen LogP) is 5.43. The number of aryl methyl sites for hydroxylation is 1. The first-order chi connectivity index (χ1) is 19.6. The maximum absolute atomic E-state index is 5.13. The third-order valence-corrected chi connectivity index (χ3v) is 5.03. The van der Waals surface area contributed by atoms with Crippen LogP contribution in [-0.2, 0) is 24.6 Å². The molecule has 0 radical (unpaired) electrons. The van der Waals surface area contributed by atoms with Crippen LogP contribution in [0.5, 0.6) is 23.0 Å². The van der Waals surface area contributed by atoms with Gasteiger partial charge in [0.2, 0.25) is 0 Å². The summed E-state index contributed by atoms with van der Waals surface area (Å²) in [7, 11) is 13.1. The summed E-state index contributed by atoms with van der Waals surface area (Å²) in [6.07, 6.45) is 12.1. The molecule has 0 aliphatic carbocycles. The van der Waals surface area contributed by atoms with Crippen molar-refractivity contribution >= 4 is 9.64 Å². The van der Waals surface area contributed by atoms with E-state index in [9.17, 15) is 0 Å². The van der Waals surface area contributed by atoms with Crippen LogP contribution in [0.4, 0.5) is 0 Å². The molecule has 0 N–H and O–H groups in total. The van der Waals surface area contributed by atoms with Gasteiger partial charge in [-0.15, -0.1) is 0 Å². The number of aromatic nitrogens is 6. The van der Waals surface area contributed by atoms with Gasteiger partial charge in [-0.25, -0.2) is 4.98 Å². The van der Waals surface area contributed by atoms with Crippen LogP contribution in [0.15, 0.2) is 92.0 Å². The molecule has 211 valence electrons. The van der Waals surface area contributed by atoms with Gasteiger partial charge in [0.1, 0.15) is 23.0 Å². The van der Waals surface area contributed by atoms with Crippen LogP contribution in [0, 0.1) is 0 Å². The number of rotatable bonds is 6. The Balaban J connectivity index is 0.000000221. The summed E-state index contributed by atoms with van der Waals surface area (Å²) in [5.41, 5.74) is 3.05. The van der Waals surface area contributed by atoms with Gasteiger partial charge in [0.05, 0.1) is 57.5 Å². The summed E-state index contributed by atoms with van der Waals surface area (Å²) in [5, 5.41) is 0. The van der Waals surface area contributed by atoms with Gasteiger partial charge in [0.25, 0.3) is 0 Å². The van der Waals surface area contributed by atoms with Crippen molar-refractivity contribution in [2.24, 2.45) is 7.05 Å². The molecule has 5 rings (SSSR count). The zero-order valence-electron chi connectivity index (χ0n) is 22.7. The van der Waals surface area contributed by atoms with Gasteiger partial charge in [0, 0.05) is 68.5 Å². The monoisotopic (exact) mass is 741 g/mol. The fourth-order valence-corrected chi connectivity index (χ4v) is 3.04. The first kappa shape index (κ1) is 32.2. The molecule has 0 unspecified atom stereocenters. The Hall–Kier alpha value is -4.06. The van der Waals surface area contributed by atoms with E-state index in [1.807, 2.05) is 42.1 Å². The standard InChI is InChI=1S/2C12H12N2O2.C4H6N2.ClH.Os/c2*1-15-9-3-5-13-11(7-9)12-8-10(16-2)4-6-14-12;1-6-3-2-5-4-6;;/h2*3-8H,1-2H3;2-4H,1H3;1H;/q;;;;+1/p-1. The topological polar surface area (TPSA) is 106 Å². The number of imidazole rings is 1. The van der Waals surface area contributed by atoms with E-state index in [2.05, 4.69) is 34.6 Å². The molecule has 5 aromatic heterocycles. The van der Waals surface area contributed by atoms with Crippen molar-refractivity contribution in [1.82, 2.24) is 29.5 Å². The summed E-state index contributed by atoms with van der Waals surface area (Å²) in [6.45, 7) is 0. The zero-order valence-corrected chi connectivity index (χ0v) is 26.0. The van der Waals surface area contributed by atoms with Gasteiger partial charge < -0.3 is 23.5 Å². The molecule has 0 spiro atoms. The fourth-order valence-electron chi connectivity index (χ4n) is 3.04. The number of methoxy groups -OCH3 is 4. The molecule has 0 atom stereocenters. The van der Waals surface area contributed by atoms with Gasteiger partial charge in [-0.1, -0.05) is 0 Å². The van der Waals surface area contributed by atoms with Crippen molar-refractivity contribution < 1.29 is 36.5 Å². The first-order valence-corrected chi connectivity index (χ1v) is 14.8. The molecule has 0 saturated carbocycles. The molecule has 0 bridgehead atoms. The number of hydrogen-bond donors (Lipinski definition) is 0. The van der Waals surface area contributed by atoms with Crippen molar-refractivity contribution in [3.63, 3.8) is 0 Å². The molecule has 0 saturated heterocycles. The van der Waals surface area contributed by atoms with Gasteiger partial charge >= 0.3 is 27.2 Å². The Kier molecular flexibility index (Phi) is 14.7. The van der Waals surface area contributed by atoms with Crippen LogP contribution in [0.1, 0.15) is 0 Å². The minimum atomic E-state index is 0.759. The molecule has 0 fully saturated rings. The van der Waals surface area contributed by atoms with Crippen LogP contribution >= 0.6 is 9.64 Å². The Morgan fingerprint density at radius 2 is 0.850 bits per heavy atom. The number of hydrogen-bond acceptors (Lipinski definition) is 9. The van der Waals surface area contributed by atoms with E-state index >= 15 is 0 Å². The molecule has 5 heterocycles. The zero-order chi connectivity index (χ0) is 29.2. The maximum atomic E-state index is 5.13. The summed E-state index contributed by atoms with van der Waals surface area (Å²) < 4.78 is 22.4. The summed E-state index contributed by atoms with van der Waals surface area (Å²) >= 11 is 1.33. The van der Waals surface area contributed by atoms with E-state index in [1.165, 1.54) is 17.6 Å². The van der Waals surface area contributed by atoms with E-state index in [-0.39, 0.29) is 0 Å². The molecule has 12 heteroatoms. The van der Waals surface area contributed by atoms with Crippen LogP contribution in [0.3, 0.4) is 0 Å². The number of ether oxygens (including phenoxy) is 4. The van der Waals surface area contributed by atoms with E-state index < -0.39 is 0 Å². The second kappa shape index (κ2) is 18.3. The Morgan fingerprint density at radius 3 is 1.02 bits per heavy atom. The van der Waals surface area contributed by atoms with Crippen molar-refractivity contribution in [2.75, 3.05) is 28.4 Å². The van der Waals surface area contributed by atoms with Crippen molar-refractivity contribution in [3.8, 4) is 45.8 Å². The van der Waals surface area contributed by atoms with Crippen molar-refractivity contribution in [1.29, 1.82) is 0 Å². The molecule has 10 nitrogen and oxygen atoms in total. The van der Waals surface area contributed by atoms with E-state index in [4.69, 9.17) is 18.9 Å². The average Bonchev–Trinajstić information content (AvgIpc) is 3.53. The fraction of sp³-hybridized carbons (Fsp3) is 0.179. The van der Waals surface area contributed by atoms with Gasteiger partial charge in [-0.3, -0.25) is 19.9 Å². The third kappa shape index (κ3) is 10.6. The summed E-state index contributed by atoms with van der Waals surface area (Å²) in [6, 6.07) is 14.5. The SMILES string of the molecule is COc1ccnc(-c2cc(OC)ccn2)c1.COc1ccnc(-c2cc(OC)ccn2)c1.Cn1ccnc1.[Cl][Os]. The normalized spacial score (nSPS) is 9.38. The minimum absolute atomic E-state index is 0.759. The van der Waals surface area contributed by atoms with Crippen LogP contribution < -0.4 is 18.9 Å².